The quantitative estimate of drug-likeness (QED) is 0.507. The van der Waals surface area contributed by atoms with Gasteiger partial charge in [-0.1, -0.05) is 18.2 Å². The molecule has 4 nitrogen and oxygen atoms in total. The zero-order valence-corrected chi connectivity index (χ0v) is 9.81. The Hall–Kier alpha value is -2.47. The molecule has 6 heteroatoms. The van der Waals surface area contributed by atoms with E-state index in [9.17, 15) is 13.6 Å². The van der Waals surface area contributed by atoms with Crippen LogP contribution in [0.15, 0.2) is 48.5 Å². The van der Waals surface area contributed by atoms with E-state index in [1.165, 1.54) is 0 Å². The van der Waals surface area contributed by atoms with Crippen LogP contribution in [-0.2, 0) is 0 Å². The van der Waals surface area contributed by atoms with E-state index in [-0.39, 0.29) is 5.69 Å². The number of hydrogen-bond acceptors (Lipinski definition) is 3. The fourth-order valence-corrected chi connectivity index (χ4v) is 1.53. The highest BCUT2D eigenvalue weighted by molar-refractivity contribution is 5.94. The van der Waals surface area contributed by atoms with E-state index in [4.69, 9.17) is 5.84 Å². The Morgan fingerprint density at radius 2 is 1.63 bits per heavy atom. The van der Waals surface area contributed by atoms with Crippen molar-refractivity contribution in [1.82, 2.24) is 5.12 Å². The number of anilines is 1. The first-order valence-corrected chi connectivity index (χ1v) is 5.43. The average molecular weight is 263 g/mol. The standard InChI is InChI=1S/C13H11F2N3O/c14-10-6-11(15)8-12(7-10)17-18(16)13(19)9-4-2-1-3-5-9/h1-8,17H,16H2. The summed E-state index contributed by atoms with van der Waals surface area (Å²) in [6.45, 7) is 0. The summed E-state index contributed by atoms with van der Waals surface area (Å²) in [5, 5.41) is 0.670. The minimum Gasteiger partial charge on any atom is -0.281 e. The molecule has 0 aliphatic carbocycles. The molecule has 0 unspecified atom stereocenters. The summed E-state index contributed by atoms with van der Waals surface area (Å²) in [5.74, 6) is 3.46. The molecule has 19 heavy (non-hydrogen) atoms. The van der Waals surface area contributed by atoms with Gasteiger partial charge >= 0.3 is 0 Å². The number of carbonyl (C=O) groups is 1. The van der Waals surface area contributed by atoms with Gasteiger partial charge in [0, 0.05) is 11.6 Å². The smallest absolute Gasteiger partial charge is 0.281 e. The number of carbonyl (C=O) groups excluding carboxylic acids is 1. The third kappa shape index (κ3) is 3.26. The minimum atomic E-state index is -0.761. The molecule has 0 bridgehead atoms. The molecule has 0 atom stereocenters. The Balaban J connectivity index is 2.13. The number of hydrazine groups is 2. The first kappa shape index (κ1) is 13.0. The molecule has 0 radical (unpaired) electrons. The van der Waals surface area contributed by atoms with Crippen molar-refractivity contribution in [3.63, 3.8) is 0 Å². The number of nitrogens with zero attached hydrogens (tertiary/aromatic N) is 1. The highest BCUT2D eigenvalue weighted by Crippen LogP contribution is 2.13. The van der Waals surface area contributed by atoms with Gasteiger partial charge in [-0.05, 0) is 24.3 Å². The number of rotatable bonds is 3. The molecular weight excluding hydrogens is 252 g/mol. The van der Waals surface area contributed by atoms with Crippen molar-refractivity contribution < 1.29 is 13.6 Å². The first-order chi connectivity index (χ1) is 9.06. The molecule has 0 spiro atoms. The van der Waals surface area contributed by atoms with Crippen LogP contribution in [0.2, 0.25) is 0 Å². The van der Waals surface area contributed by atoms with Gasteiger partial charge in [-0.3, -0.25) is 10.2 Å². The van der Waals surface area contributed by atoms with Crippen molar-refractivity contribution in [2.45, 2.75) is 0 Å². The molecule has 98 valence electrons. The van der Waals surface area contributed by atoms with Crippen molar-refractivity contribution in [1.29, 1.82) is 0 Å². The highest BCUT2D eigenvalue weighted by Gasteiger charge is 2.12. The molecular formula is C13H11F2N3O. The summed E-state index contributed by atoms with van der Waals surface area (Å²) >= 11 is 0. The Morgan fingerprint density at radius 3 is 2.21 bits per heavy atom. The number of nitrogens with one attached hydrogen (secondary N) is 1. The van der Waals surface area contributed by atoms with Gasteiger partial charge in [0.25, 0.3) is 5.91 Å². The van der Waals surface area contributed by atoms with Crippen LogP contribution >= 0.6 is 0 Å². The van der Waals surface area contributed by atoms with Gasteiger partial charge in [0.2, 0.25) is 0 Å². The van der Waals surface area contributed by atoms with E-state index in [1.54, 1.807) is 30.3 Å². The highest BCUT2D eigenvalue weighted by atomic mass is 19.1. The summed E-state index contributed by atoms with van der Waals surface area (Å²) < 4.78 is 26.0. The van der Waals surface area contributed by atoms with E-state index in [0.717, 1.165) is 18.2 Å². The maximum absolute atomic E-state index is 13.0. The fourth-order valence-electron chi connectivity index (χ4n) is 1.53. The van der Waals surface area contributed by atoms with Crippen LogP contribution in [0, 0.1) is 11.6 Å². The number of nitrogens with two attached hydrogens (primary N) is 1. The van der Waals surface area contributed by atoms with Crippen LogP contribution in [0.3, 0.4) is 0 Å². The molecule has 0 saturated heterocycles. The average Bonchev–Trinajstić information content (AvgIpc) is 2.37. The van der Waals surface area contributed by atoms with E-state index in [2.05, 4.69) is 5.43 Å². The first-order valence-electron chi connectivity index (χ1n) is 5.43. The molecule has 0 aromatic heterocycles. The van der Waals surface area contributed by atoms with Gasteiger partial charge < -0.3 is 0 Å². The zero-order chi connectivity index (χ0) is 13.8. The molecule has 2 rings (SSSR count). The van der Waals surface area contributed by atoms with Crippen LogP contribution < -0.4 is 11.3 Å². The maximum atomic E-state index is 13.0. The van der Waals surface area contributed by atoms with Gasteiger partial charge in [0.1, 0.15) is 11.6 Å². The van der Waals surface area contributed by atoms with Gasteiger partial charge in [0.15, 0.2) is 0 Å². The lowest BCUT2D eigenvalue weighted by atomic mass is 10.2. The second-order valence-electron chi connectivity index (χ2n) is 3.81. The summed E-state index contributed by atoms with van der Waals surface area (Å²) in [6.07, 6.45) is 0. The monoisotopic (exact) mass is 263 g/mol. The second kappa shape index (κ2) is 5.45. The third-order valence-electron chi connectivity index (χ3n) is 2.35. The van der Waals surface area contributed by atoms with Crippen molar-refractivity contribution in [3.8, 4) is 0 Å². The Bertz CT molecular complexity index is 569. The number of hydrogen-bond donors (Lipinski definition) is 2. The van der Waals surface area contributed by atoms with Crippen molar-refractivity contribution in [2.24, 2.45) is 5.84 Å². The minimum absolute atomic E-state index is 0.0456. The molecule has 0 fully saturated rings. The number of benzene rings is 2. The predicted octanol–water partition coefficient (Wildman–Crippen LogP) is 2.31. The number of amides is 1. The summed E-state index contributed by atoms with van der Waals surface area (Å²) in [4.78, 5) is 11.9. The molecule has 3 N–H and O–H groups in total. The lowest BCUT2D eigenvalue weighted by Crippen LogP contribution is -2.42. The second-order valence-corrected chi connectivity index (χ2v) is 3.81. The van der Waals surface area contributed by atoms with Crippen LogP contribution in [0.4, 0.5) is 14.5 Å². The molecule has 2 aromatic carbocycles. The van der Waals surface area contributed by atoms with Gasteiger partial charge in [-0.25, -0.2) is 14.6 Å². The largest absolute Gasteiger partial charge is 0.286 e. The molecule has 0 saturated carbocycles. The van der Waals surface area contributed by atoms with Crippen molar-refractivity contribution >= 4 is 11.6 Å². The van der Waals surface area contributed by atoms with Crippen LogP contribution in [-0.4, -0.2) is 11.0 Å². The number of halogens is 2. The topological polar surface area (TPSA) is 58.4 Å². The molecule has 0 aliphatic heterocycles. The van der Waals surface area contributed by atoms with Crippen LogP contribution in [0.5, 0.6) is 0 Å². The van der Waals surface area contributed by atoms with E-state index in [0.29, 0.717) is 10.7 Å². The summed E-state index contributed by atoms with van der Waals surface area (Å²) in [6, 6.07) is 11.1. The third-order valence-corrected chi connectivity index (χ3v) is 2.35. The molecule has 0 aliphatic rings. The van der Waals surface area contributed by atoms with Gasteiger partial charge in [0.05, 0.1) is 5.69 Å². The lowest BCUT2D eigenvalue weighted by molar-refractivity contribution is 0.0793. The molecule has 2 aromatic rings. The van der Waals surface area contributed by atoms with Crippen LogP contribution in [0.25, 0.3) is 0 Å². The zero-order valence-electron chi connectivity index (χ0n) is 9.81. The Labute approximate surface area is 108 Å². The van der Waals surface area contributed by atoms with Crippen molar-refractivity contribution in [3.05, 3.63) is 65.7 Å². The van der Waals surface area contributed by atoms with Gasteiger partial charge in [-0.15, -0.1) is 0 Å². The molecule has 0 heterocycles. The maximum Gasteiger partial charge on any atom is 0.286 e. The molecule has 1 amide bonds. The Morgan fingerprint density at radius 1 is 1.05 bits per heavy atom. The fraction of sp³-hybridized carbons (Fsp3) is 0. The van der Waals surface area contributed by atoms with E-state index in [1.807, 2.05) is 0 Å². The van der Waals surface area contributed by atoms with E-state index < -0.39 is 17.5 Å². The normalized spacial score (nSPS) is 10.1. The van der Waals surface area contributed by atoms with Crippen LogP contribution in [0.1, 0.15) is 10.4 Å². The van der Waals surface area contributed by atoms with E-state index >= 15 is 0 Å². The van der Waals surface area contributed by atoms with Crippen molar-refractivity contribution in [2.75, 3.05) is 5.43 Å². The van der Waals surface area contributed by atoms with Gasteiger partial charge in [-0.2, -0.15) is 5.12 Å². The predicted molar refractivity (Wildman–Crippen MR) is 66.8 cm³/mol. The lowest BCUT2D eigenvalue weighted by Gasteiger charge is -2.18. The Kier molecular flexibility index (Phi) is 3.72. The summed E-state index contributed by atoms with van der Waals surface area (Å²) in [5.41, 5.74) is 2.80. The summed E-state index contributed by atoms with van der Waals surface area (Å²) in [7, 11) is 0. The SMILES string of the molecule is NN(Nc1cc(F)cc(F)c1)C(=O)c1ccccc1.